The highest BCUT2D eigenvalue weighted by Crippen LogP contribution is 2.40. The Kier molecular flexibility index (Phi) is 3.77. The predicted molar refractivity (Wildman–Crippen MR) is 80.0 cm³/mol. The Bertz CT molecular complexity index is 557. The third-order valence-corrected chi connectivity index (χ3v) is 5.75. The topological polar surface area (TPSA) is 48.1 Å². The predicted octanol–water partition coefficient (Wildman–Crippen LogP) is 3.26. The summed E-state index contributed by atoms with van der Waals surface area (Å²) in [5.74, 6) is 0.914. The highest BCUT2D eigenvalue weighted by Gasteiger charge is 2.28. The number of fused-ring (bicyclic) bond motifs is 1. The molecular formula is C14H16N2OS2. The van der Waals surface area contributed by atoms with Gasteiger partial charge < -0.3 is 10.5 Å². The number of benzene rings is 1. The van der Waals surface area contributed by atoms with E-state index in [1.54, 1.807) is 30.2 Å². The third-order valence-electron chi connectivity index (χ3n) is 3.47. The highest BCUT2D eigenvalue weighted by molar-refractivity contribution is 8.01. The standard InChI is InChI=1S/C14H16N2OS2/c1-17-10-3-4-11-9(8-10)2-5-12(13(11)15)19-14-16-6-7-18-14/h3-4,6-8,12-13H,2,5,15H2,1H3. The van der Waals surface area contributed by atoms with E-state index < -0.39 is 0 Å². The molecule has 0 saturated carbocycles. The smallest absolute Gasteiger partial charge is 0.150 e. The quantitative estimate of drug-likeness (QED) is 0.943. The van der Waals surface area contributed by atoms with Crippen LogP contribution in [0.15, 0.2) is 34.1 Å². The van der Waals surface area contributed by atoms with Crippen LogP contribution in [0.5, 0.6) is 5.75 Å². The van der Waals surface area contributed by atoms with Crippen LogP contribution in [0.2, 0.25) is 0 Å². The van der Waals surface area contributed by atoms with E-state index in [1.807, 2.05) is 17.6 Å². The van der Waals surface area contributed by atoms with Crippen molar-refractivity contribution in [3.8, 4) is 5.75 Å². The first-order chi connectivity index (χ1) is 9.28. The molecule has 2 atom stereocenters. The van der Waals surface area contributed by atoms with Gasteiger partial charge in [0.1, 0.15) is 10.1 Å². The number of rotatable bonds is 3. The van der Waals surface area contributed by atoms with E-state index in [0.717, 1.165) is 22.9 Å². The Labute approximate surface area is 121 Å². The summed E-state index contributed by atoms with van der Waals surface area (Å²) in [7, 11) is 1.70. The number of thiazole rings is 1. The number of ether oxygens (including phenoxy) is 1. The Morgan fingerprint density at radius 2 is 2.37 bits per heavy atom. The maximum absolute atomic E-state index is 6.41. The fourth-order valence-corrected chi connectivity index (χ4v) is 4.49. The van der Waals surface area contributed by atoms with E-state index in [0.29, 0.717) is 5.25 Å². The van der Waals surface area contributed by atoms with Gasteiger partial charge in [0.15, 0.2) is 0 Å². The lowest BCUT2D eigenvalue weighted by atomic mass is 9.87. The third kappa shape index (κ3) is 2.63. The van der Waals surface area contributed by atoms with E-state index in [1.165, 1.54) is 11.1 Å². The first-order valence-corrected chi connectivity index (χ1v) is 8.02. The molecule has 0 spiro atoms. The number of hydrogen-bond donors (Lipinski definition) is 1. The van der Waals surface area contributed by atoms with Crippen molar-refractivity contribution in [2.24, 2.45) is 5.73 Å². The van der Waals surface area contributed by atoms with Gasteiger partial charge in [0, 0.05) is 22.9 Å². The minimum absolute atomic E-state index is 0.0727. The fraction of sp³-hybridized carbons (Fsp3) is 0.357. The Hall–Kier alpha value is -1.04. The average molecular weight is 292 g/mol. The molecule has 2 aromatic rings. The van der Waals surface area contributed by atoms with Gasteiger partial charge in [0.2, 0.25) is 0 Å². The van der Waals surface area contributed by atoms with Gasteiger partial charge in [0.25, 0.3) is 0 Å². The molecule has 0 radical (unpaired) electrons. The van der Waals surface area contributed by atoms with Crippen LogP contribution < -0.4 is 10.5 Å². The maximum Gasteiger partial charge on any atom is 0.150 e. The van der Waals surface area contributed by atoms with Crippen LogP contribution in [0.1, 0.15) is 23.6 Å². The van der Waals surface area contributed by atoms with Crippen molar-refractivity contribution in [1.29, 1.82) is 0 Å². The van der Waals surface area contributed by atoms with E-state index in [-0.39, 0.29) is 6.04 Å². The van der Waals surface area contributed by atoms with Crippen LogP contribution in [0, 0.1) is 0 Å². The number of aryl methyl sites for hydroxylation is 1. The monoisotopic (exact) mass is 292 g/mol. The van der Waals surface area contributed by atoms with Crippen molar-refractivity contribution in [1.82, 2.24) is 4.98 Å². The van der Waals surface area contributed by atoms with Crippen LogP contribution >= 0.6 is 23.1 Å². The zero-order valence-electron chi connectivity index (χ0n) is 10.7. The molecule has 100 valence electrons. The molecule has 0 fully saturated rings. The second-order valence-electron chi connectivity index (χ2n) is 4.58. The SMILES string of the molecule is COc1ccc2c(c1)CCC(Sc1nccs1)C2N. The lowest BCUT2D eigenvalue weighted by Gasteiger charge is -2.30. The van der Waals surface area contributed by atoms with Gasteiger partial charge in [-0.3, -0.25) is 0 Å². The summed E-state index contributed by atoms with van der Waals surface area (Å²) in [6.45, 7) is 0. The minimum atomic E-state index is 0.0727. The first-order valence-electron chi connectivity index (χ1n) is 6.26. The molecule has 3 nitrogen and oxygen atoms in total. The molecule has 0 saturated heterocycles. The lowest BCUT2D eigenvalue weighted by Crippen LogP contribution is -2.29. The van der Waals surface area contributed by atoms with Crippen molar-refractivity contribution in [2.45, 2.75) is 28.5 Å². The molecule has 5 heteroatoms. The summed E-state index contributed by atoms with van der Waals surface area (Å²) < 4.78 is 6.38. The largest absolute Gasteiger partial charge is 0.497 e. The summed E-state index contributed by atoms with van der Waals surface area (Å²) in [5, 5.41) is 2.42. The van der Waals surface area contributed by atoms with Crippen molar-refractivity contribution in [2.75, 3.05) is 7.11 Å². The summed E-state index contributed by atoms with van der Waals surface area (Å²) >= 11 is 3.49. The number of nitrogens with two attached hydrogens (primary N) is 1. The minimum Gasteiger partial charge on any atom is -0.497 e. The summed E-state index contributed by atoms with van der Waals surface area (Å²) in [6, 6.07) is 6.28. The summed E-state index contributed by atoms with van der Waals surface area (Å²) in [5.41, 5.74) is 8.99. The normalized spacial score (nSPS) is 22.0. The molecule has 1 aromatic carbocycles. The molecule has 2 unspecified atom stereocenters. The molecule has 1 aromatic heterocycles. The first kappa shape index (κ1) is 13.0. The van der Waals surface area contributed by atoms with Crippen LogP contribution in [0.3, 0.4) is 0 Å². The number of aromatic nitrogens is 1. The zero-order chi connectivity index (χ0) is 13.2. The van der Waals surface area contributed by atoms with Crippen LogP contribution in [-0.2, 0) is 6.42 Å². The van der Waals surface area contributed by atoms with Gasteiger partial charge in [-0.25, -0.2) is 4.98 Å². The van der Waals surface area contributed by atoms with Crippen LogP contribution in [-0.4, -0.2) is 17.3 Å². The number of nitrogens with zero attached hydrogens (tertiary/aromatic N) is 1. The molecule has 3 rings (SSSR count). The molecule has 0 bridgehead atoms. The Morgan fingerprint density at radius 3 is 3.11 bits per heavy atom. The molecule has 0 aliphatic heterocycles. The Balaban J connectivity index is 1.81. The molecule has 0 amide bonds. The number of thioether (sulfide) groups is 1. The molecule has 1 heterocycles. The second kappa shape index (κ2) is 5.53. The van der Waals surface area contributed by atoms with Gasteiger partial charge in [0.05, 0.1) is 7.11 Å². The van der Waals surface area contributed by atoms with Gasteiger partial charge in [-0.1, -0.05) is 17.8 Å². The maximum atomic E-state index is 6.41. The molecule has 1 aliphatic carbocycles. The summed E-state index contributed by atoms with van der Waals surface area (Å²) in [6.07, 6.45) is 4.00. The van der Waals surface area contributed by atoms with Crippen LogP contribution in [0.25, 0.3) is 0 Å². The van der Waals surface area contributed by atoms with E-state index >= 15 is 0 Å². The van der Waals surface area contributed by atoms with Gasteiger partial charge in [-0.15, -0.1) is 11.3 Å². The van der Waals surface area contributed by atoms with Crippen LogP contribution in [0.4, 0.5) is 0 Å². The van der Waals surface area contributed by atoms with Crippen molar-refractivity contribution >= 4 is 23.1 Å². The van der Waals surface area contributed by atoms with E-state index in [2.05, 4.69) is 17.1 Å². The Morgan fingerprint density at radius 1 is 1.47 bits per heavy atom. The van der Waals surface area contributed by atoms with E-state index in [4.69, 9.17) is 10.5 Å². The lowest BCUT2D eigenvalue weighted by molar-refractivity contribution is 0.413. The van der Waals surface area contributed by atoms with Crippen molar-refractivity contribution < 1.29 is 4.74 Å². The fourth-order valence-electron chi connectivity index (χ4n) is 2.46. The summed E-state index contributed by atoms with van der Waals surface area (Å²) in [4.78, 5) is 4.33. The molecule has 2 N–H and O–H groups in total. The number of hydrogen-bond acceptors (Lipinski definition) is 5. The number of methoxy groups -OCH3 is 1. The van der Waals surface area contributed by atoms with Crippen molar-refractivity contribution in [3.05, 3.63) is 40.9 Å². The second-order valence-corrected chi connectivity index (χ2v) is 6.96. The molecular weight excluding hydrogens is 276 g/mol. The molecule has 1 aliphatic rings. The van der Waals surface area contributed by atoms with E-state index in [9.17, 15) is 0 Å². The van der Waals surface area contributed by atoms with Gasteiger partial charge in [-0.2, -0.15) is 0 Å². The zero-order valence-corrected chi connectivity index (χ0v) is 12.3. The van der Waals surface area contributed by atoms with Crippen molar-refractivity contribution in [3.63, 3.8) is 0 Å². The van der Waals surface area contributed by atoms with Gasteiger partial charge in [-0.05, 0) is 36.1 Å². The van der Waals surface area contributed by atoms with Gasteiger partial charge >= 0.3 is 0 Å². The molecule has 19 heavy (non-hydrogen) atoms. The average Bonchev–Trinajstić information content (AvgIpc) is 2.94. The highest BCUT2D eigenvalue weighted by atomic mass is 32.2.